The SMILES string of the molecule is Cc1cc(Br)ccc1-c1nc(C2C(=O)[C@@H]3CC[C@@H](C3)C2=O)c(C)s1. The molecule has 3 atom stereocenters. The standard InChI is InChI=1S/C19H18BrNO2S/c1-9-7-13(20)5-6-14(9)19-21-16(10(2)24-19)15-17(22)11-3-4-12(8-11)18(15)23/h5-7,11-12,15H,3-4,8H2,1-2H3/t11-,12+,15?. The maximum Gasteiger partial charge on any atom is 0.152 e. The van der Waals surface area contributed by atoms with Crippen molar-refractivity contribution in [2.45, 2.75) is 39.0 Å². The third-order valence-electron chi connectivity index (χ3n) is 5.33. The van der Waals surface area contributed by atoms with Crippen LogP contribution in [0.25, 0.3) is 10.6 Å². The van der Waals surface area contributed by atoms with Gasteiger partial charge in [-0.2, -0.15) is 0 Å². The van der Waals surface area contributed by atoms with Crippen LogP contribution in [0.15, 0.2) is 22.7 Å². The van der Waals surface area contributed by atoms with E-state index in [0.717, 1.165) is 44.7 Å². The fourth-order valence-corrected chi connectivity index (χ4v) is 5.55. The minimum absolute atomic E-state index is 0.0664. The molecule has 0 spiro atoms. The molecule has 1 aromatic heterocycles. The lowest BCUT2D eigenvalue weighted by molar-refractivity contribution is -0.136. The Bertz CT molecular complexity index is 835. The van der Waals surface area contributed by atoms with Gasteiger partial charge in [-0.15, -0.1) is 11.3 Å². The summed E-state index contributed by atoms with van der Waals surface area (Å²) in [7, 11) is 0. The van der Waals surface area contributed by atoms with Crippen molar-refractivity contribution in [2.24, 2.45) is 11.8 Å². The molecule has 2 aliphatic rings. The number of thiazole rings is 1. The lowest BCUT2D eigenvalue weighted by Crippen LogP contribution is -2.35. The Kier molecular flexibility index (Phi) is 3.96. The Balaban J connectivity index is 1.76. The van der Waals surface area contributed by atoms with Gasteiger partial charge in [-0.05, 0) is 50.8 Å². The Morgan fingerprint density at radius 2 is 1.79 bits per heavy atom. The van der Waals surface area contributed by atoms with E-state index in [2.05, 4.69) is 22.0 Å². The van der Waals surface area contributed by atoms with Gasteiger partial charge in [0.1, 0.15) is 10.9 Å². The largest absolute Gasteiger partial charge is 0.298 e. The first kappa shape index (κ1) is 16.2. The van der Waals surface area contributed by atoms with Gasteiger partial charge < -0.3 is 0 Å². The molecule has 2 saturated carbocycles. The van der Waals surface area contributed by atoms with Crippen LogP contribution in [0.4, 0.5) is 0 Å². The van der Waals surface area contributed by atoms with E-state index in [1.165, 1.54) is 0 Å². The van der Waals surface area contributed by atoms with Crippen molar-refractivity contribution in [2.75, 3.05) is 0 Å². The van der Waals surface area contributed by atoms with Gasteiger partial charge in [0.05, 0.1) is 5.69 Å². The minimum atomic E-state index is -0.628. The van der Waals surface area contributed by atoms with Crippen LogP contribution in [-0.4, -0.2) is 16.6 Å². The monoisotopic (exact) mass is 403 g/mol. The van der Waals surface area contributed by atoms with E-state index in [0.29, 0.717) is 5.69 Å². The third kappa shape index (κ3) is 2.49. The van der Waals surface area contributed by atoms with Crippen LogP contribution in [0.5, 0.6) is 0 Å². The number of hydrogen-bond donors (Lipinski definition) is 0. The first-order valence-electron chi connectivity index (χ1n) is 8.27. The number of rotatable bonds is 2. The number of aromatic nitrogens is 1. The van der Waals surface area contributed by atoms with E-state index in [4.69, 9.17) is 4.98 Å². The topological polar surface area (TPSA) is 47.0 Å². The highest BCUT2D eigenvalue weighted by atomic mass is 79.9. The van der Waals surface area contributed by atoms with Crippen molar-refractivity contribution in [3.8, 4) is 10.6 Å². The number of ketones is 2. The molecule has 24 heavy (non-hydrogen) atoms. The summed E-state index contributed by atoms with van der Waals surface area (Å²) in [6.07, 6.45) is 2.50. The maximum atomic E-state index is 12.7. The molecule has 0 amide bonds. The molecule has 2 bridgehead atoms. The van der Waals surface area contributed by atoms with Gasteiger partial charge in [0.2, 0.25) is 0 Å². The predicted octanol–water partition coefficient (Wildman–Crippen LogP) is 4.84. The number of carbonyl (C=O) groups excluding carboxylic acids is 2. The second-order valence-electron chi connectivity index (χ2n) is 6.86. The van der Waals surface area contributed by atoms with Crippen LogP contribution in [0.3, 0.4) is 0 Å². The van der Waals surface area contributed by atoms with Crippen LogP contribution in [0.2, 0.25) is 0 Å². The van der Waals surface area contributed by atoms with E-state index in [9.17, 15) is 9.59 Å². The van der Waals surface area contributed by atoms with Gasteiger partial charge in [-0.1, -0.05) is 22.0 Å². The van der Waals surface area contributed by atoms with E-state index < -0.39 is 5.92 Å². The number of nitrogens with zero attached hydrogens (tertiary/aromatic N) is 1. The summed E-state index contributed by atoms with van der Waals surface area (Å²) in [6.45, 7) is 4.02. The zero-order chi connectivity index (χ0) is 17.0. The Labute approximate surface area is 153 Å². The molecule has 2 aliphatic carbocycles. The first-order valence-corrected chi connectivity index (χ1v) is 9.88. The normalized spacial score (nSPS) is 26.2. The van der Waals surface area contributed by atoms with Crippen LogP contribution >= 0.6 is 27.3 Å². The van der Waals surface area contributed by atoms with Gasteiger partial charge in [0.15, 0.2) is 11.6 Å². The molecule has 0 saturated heterocycles. The van der Waals surface area contributed by atoms with Gasteiger partial charge in [-0.25, -0.2) is 4.98 Å². The van der Waals surface area contributed by atoms with E-state index in [-0.39, 0.29) is 23.4 Å². The fourth-order valence-electron chi connectivity index (χ4n) is 4.04. The zero-order valence-electron chi connectivity index (χ0n) is 13.6. The molecule has 1 heterocycles. The average molecular weight is 404 g/mol. The van der Waals surface area contributed by atoms with Crippen LogP contribution in [0.1, 0.15) is 41.3 Å². The molecule has 5 heteroatoms. The van der Waals surface area contributed by atoms with Crippen LogP contribution < -0.4 is 0 Å². The zero-order valence-corrected chi connectivity index (χ0v) is 16.0. The lowest BCUT2D eigenvalue weighted by atomic mass is 9.77. The maximum absolute atomic E-state index is 12.7. The van der Waals surface area contributed by atoms with E-state index >= 15 is 0 Å². The minimum Gasteiger partial charge on any atom is -0.298 e. The molecule has 1 aromatic carbocycles. The molecule has 4 rings (SSSR count). The molecular weight excluding hydrogens is 386 g/mol. The summed E-state index contributed by atoms with van der Waals surface area (Å²) in [5, 5.41) is 0.894. The van der Waals surface area contributed by atoms with Crippen molar-refractivity contribution in [1.29, 1.82) is 0 Å². The lowest BCUT2D eigenvalue weighted by Gasteiger charge is -2.24. The molecule has 3 nitrogen and oxygen atoms in total. The molecule has 0 radical (unpaired) electrons. The highest BCUT2D eigenvalue weighted by Crippen LogP contribution is 2.45. The van der Waals surface area contributed by atoms with Gasteiger partial charge in [0, 0.05) is 26.7 Å². The third-order valence-corrected chi connectivity index (χ3v) is 6.84. The summed E-state index contributed by atoms with van der Waals surface area (Å²) in [6, 6.07) is 6.09. The summed E-state index contributed by atoms with van der Waals surface area (Å²) in [4.78, 5) is 31.2. The van der Waals surface area contributed by atoms with Crippen molar-refractivity contribution in [3.63, 3.8) is 0 Å². The molecular formula is C19H18BrNO2S. The number of benzene rings is 1. The molecule has 0 N–H and O–H groups in total. The number of Topliss-reactive ketones (excluding diaryl/α,β-unsaturated/α-hetero) is 2. The summed E-state index contributed by atoms with van der Waals surface area (Å²) >= 11 is 5.06. The molecule has 0 aliphatic heterocycles. The average Bonchev–Trinajstić information content (AvgIpc) is 3.12. The number of fused-ring (bicyclic) bond motifs is 2. The predicted molar refractivity (Wildman–Crippen MR) is 98.3 cm³/mol. The second kappa shape index (κ2) is 5.88. The van der Waals surface area contributed by atoms with Crippen molar-refractivity contribution in [1.82, 2.24) is 4.98 Å². The fraction of sp³-hybridized carbons (Fsp3) is 0.421. The number of hydrogen-bond acceptors (Lipinski definition) is 4. The van der Waals surface area contributed by atoms with Crippen LogP contribution in [-0.2, 0) is 9.59 Å². The summed E-state index contributed by atoms with van der Waals surface area (Å²) < 4.78 is 1.03. The first-order chi connectivity index (χ1) is 11.5. The Morgan fingerprint density at radius 3 is 2.42 bits per heavy atom. The van der Waals surface area contributed by atoms with Crippen LogP contribution in [0, 0.1) is 25.7 Å². The summed E-state index contributed by atoms with van der Waals surface area (Å²) in [5.41, 5.74) is 2.89. The van der Waals surface area contributed by atoms with Crippen molar-refractivity contribution < 1.29 is 9.59 Å². The second-order valence-corrected chi connectivity index (χ2v) is 8.98. The Hall–Kier alpha value is -1.33. The molecule has 2 fully saturated rings. The quantitative estimate of drug-likeness (QED) is 0.673. The molecule has 1 unspecified atom stereocenters. The number of carbonyl (C=O) groups is 2. The number of halogens is 1. The van der Waals surface area contributed by atoms with E-state index in [1.807, 2.05) is 26.0 Å². The van der Waals surface area contributed by atoms with Gasteiger partial charge in [0.25, 0.3) is 0 Å². The van der Waals surface area contributed by atoms with Crippen molar-refractivity contribution >= 4 is 38.8 Å². The molecule has 124 valence electrons. The van der Waals surface area contributed by atoms with E-state index in [1.54, 1.807) is 11.3 Å². The van der Waals surface area contributed by atoms with Gasteiger partial charge in [-0.3, -0.25) is 9.59 Å². The summed E-state index contributed by atoms with van der Waals surface area (Å²) in [5.74, 6) is -0.298. The number of aryl methyl sites for hydroxylation is 2. The smallest absolute Gasteiger partial charge is 0.152 e. The van der Waals surface area contributed by atoms with Crippen molar-refractivity contribution in [3.05, 3.63) is 38.8 Å². The highest BCUT2D eigenvalue weighted by molar-refractivity contribution is 9.10. The highest BCUT2D eigenvalue weighted by Gasteiger charge is 2.48. The Morgan fingerprint density at radius 1 is 1.12 bits per heavy atom. The van der Waals surface area contributed by atoms with Gasteiger partial charge >= 0.3 is 0 Å². The molecule has 2 aromatic rings.